The minimum absolute atomic E-state index is 0.731. The summed E-state index contributed by atoms with van der Waals surface area (Å²) in [7, 11) is 0. The van der Waals surface area contributed by atoms with Gasteiger partial charge in [-0.25, -0.2) is 0 Å². The molecule has 0 fully saturated rings. The molecular formula is C15H17ClN2S. The van der Waals surface area contributed by atoms with Crippen LogP contribution >= 0.6 is 23.4 Å². The number of hydrogen-bond donors (Lipinski definition) is 2. The second-order valence-corrected chi connectivity index (χ2v) is 5.87. The average molecular weight is 293 g/mol. The summed E-state index contributed by atoms with van der Waals surface area (Å²) in [5.41, 5.74) is 14.5. The van der Waals surface area contributed by atoms with Crippen LogP contribution in [0.1, 0.15) is 12.0 Å². The number of aryl methyl sites for hydroxylation is 1. The predicted molar refractivity (Wildman–Crippen MR) is 85.8 cm³/mol. The molecule has 0 bridgehead atoms. The van der Waals surface area contributed by atoms with E-state index in [2.05, 4.69) is 6.07 Å². The smallest absolute Gasteiger partial charge is 0.0562 e. The van der Waals surface area contributed by atoms with Crippen LogP contribution in [0.2, 0.25) is 5.02 Å². The highest BCUT2D eigenvalue weighted by atomic mass is 35.5. The lowest BCUT2D eigenvalue weighted by molar-refractivity contribution is 0.934. The molecule has 0 aromatic heterocycles. The molecule has 0 atom stereocenters. The van der Waals surface area contributed by atoms with Crippen molar-refractivity contribution in [1.82, 2.24) is 0 Å². The summed E-state index contributed by atoms with van der Waals surface area (Å²) in [6, 6.07) is 13.6. The first-order chi connectivity index (χ1) is 9.16. The number of rotatable bonds is 5. The van der Waals surface area contributed by atoms with Gasteiger partial charge < -0.3 is 11.5 Å². The minimum atomic E-state index is 0.731. The SMILES string of the molecule is Nc1cccc(CCCSc2c(N)cccc2Cl)c1. The van der Waals surface area contributed by atoms with E-state index in [9.17, 15) is 0 Å². The topological polar surface area (TPSA) is 52.0 Å². The lowest BCUT2D eigenvalue weighted by Crippen LogP contribution is -1.93. The van der Waals surface area contributed by atoms with Crippen molar-refractivity contribution in [3.05, 3.63) is 53.1 Å². The van der Waals surface area contributed by atoms with Crippen LogP contribution in [0.4, 0.5) is 11.4 Å². The van der Waals surface area contributed by atoms with E-state index in [1.807, 2.05) is 36.4 Å². The molecule has 2 nitrogen and oxygen atoms in total. The van der Waals surface area contributed by atoms with Gasteiger partial charge in [0.2, 0.25) is 0 Å². The van der Waals surface area contributed by atoms with Crippen molar-refractivity contribution in [2.45, 2.75) is 17.7 Å². The van der Waals surface area contributed by atoms with Crippen LogP contribution < -0.4 is 11.5 Å². The monoisotopic (exact) mass is 292 g/mol. The number of anilines is 2. The van der Waals surface area contributed by atoms with Crippen LogP contribution in [0.3, 0.4) is 0 Å². The maximum absolute atomic E-state index is 6.13. The Bertz CT molecular complexity index is 537. The maximum Gasteiger partial charge on any atom is 0.0562 e. The summed E-state index contributed by atoms with van der Waals surface area (Å²) < 4.78 is 0. The molecule has 0 radical (unpaired) electrons. The van der Waals surface area contributed by atoms with E-state index in [1.165, 1.54) is 5.56 Å². The number of nitrogens with two attached hydrogens (primary N) is 2. The van der Waals surface area contributed by atoms with Gasteiger partial charge in [-0.1, -0.05) is 29.8 Å². The van der Waals surface area contributed by atoms with Gasteiger partial charge in [0.05, 0.1) is 5.02 Å². The number of halogens is 1. The van der Waals surface area contributed by atoms with Gasteiger partial charge in [-0.3, -0.25) is 0 Å². The van der Waals surface area contributed by atoms with Gasteiger partial charge in [-0.2, -0.15) is 0 Å². The quantitative estimate of drug-likeness (QED) is 0.492. The molecule has 0 heterocycles. The van der Waals surface area contributed by atoms with E-state index in [0.717, 1.165) is 39.9 Å². The fraction of sp³-hybridized carbons (Fsp3) is 0.200. The van der Waals surface area contributed by atoms with Crippen molar-refractivity contribution < 1.29 is 0 Å². The predicted octanol–water partition coefficient (Wildman–Crippen LogP) is 4.23. The Morgan fingerprint density at radius 2 is 1.84 bits per heavy atom. The van der Waals surface area contributed by atoms with Crippen LogP contribution in [-0.2, 0) is 6.42 Å². The zero-order chi connectivity index (χ0) is 13.7. The Morgan fingerprint density at radius 1 is 1.05 bits per heavy atom. The molecule has 0 unspecified atom stereocenters. The fourth-order valence-corrected chi connectivity index (χ4v) is 3.16. The van der Waals surface area contributed by atoms with Gasteiger partial charge >= 0.3 is 0 Å². The molecule has 0 spiro atoms. The molecular weight excluding hydrogens is 276 g/mol. The second kappa shape index (κ2) is 6.73. The first kappa shape index (κ1) is 14.1. The second-order valence-electron chi connectivity index (χ2n) is 4.36. The highest BCUT2D eigenvalue weighted by Crippen LogP contribution is 2.32. The summed E-state index contributed by atoms with van der Waals surface area (Å²) in [5, 5.41) is 0.731. The molecule has 0 saturated heterocycles. The molecule has 0 aliphatic carbocycles. The summed E-state index contributed by atoms with van der Waals surface area (Å²) in [5.74, 6) is 0.989. The highest BCUT2D eigenvalue weighted by molar-refractivity contribution is 7.99. The highest BCUT2D eigenvalue weighted by Gasteiger charge is 2.04. The molecule has 4 N–H and O–H groups in total. The zero-order valence-electron chi connectivity index (χ0n) is 10.6. The van der Waals surface area contributed by atoms with E-state index in [0.29, 0.717) is 0 Å². The first-order valence-electron chi connectivity index (χ1n) is 6.18. The first-order valence-corrected chi connectivity index (χ1v) is 7.54. The summed E-state index contributed by atoms with van der Waals surface area (Å²) in [4.78, 5) is 0.983. The molecule has 19 heavy (non-hydrogen) atoms. The summed E-state index contributed by atoms with van der Waals surface area (Å²) in [6.07, 6.45) is 2.08. The van der Waals surface area contributed by atoms with Crippen molar-refractivity contribution in [2.75, 3.05) is 17.2 Å². The van der Waals surface area contributed by atoms with Crippen LogP contribution in [0.5, 0.6) is 0 Å². The van der Waals surface area contributed by atoms with Crippen LogP contribution in [0.25, 0.3) is 0 Å². The Labute approximate surface area is 123 Å². The molecule has 0 aliphatic rings. The zero-order valence-corrected chi connectivity index (χ0v) is 12.2. The third-order valence-corrected chi connectivity index (χ3v) is 4.47. The molecule has 0 aliphatic heterocycles. The van der Waals surface area contributed by atoms with Gasteiger partial charge in [-0.15, -0.1) is 11.8 Å². The van der Waals surface area contributed by atoms with Crippen molar-refractivity contribution in [3.63, 3.8) is 0 Å². The Kier molecular flexibility index (Phi) is 5.00. The average Bonchev–Trinajstić information content (AvgIpc) is 2.37. The number of benzene rings is 2. The lowest BCUT2D eigenvalue weighted by atomic mass is 10.1. The van der Waals surface area contributed by atoms with Crippen molar-refractivity contribution in [3.8, 4) is 0 Å². The maximum atomic E-state index is 6.13. The Balaban J connectivity index is 1.84. The van der Waals surface area contributed by atoms with E-state index < -0.39 is 0 Å². The summed E-state index contributed by atoms with van der Waals surface area (Å²) >= 11 is 7.84. The van der Waals surface area contributed by atoms with Gasteiger partial charge in [-0.05, 0) is 48.4 Å². The third kappa shape index (κ3) is 4.08. The van der Waals surface area contributed by atoms with Crippen LogP contribution in [-0.4, -0.2) is 5.75 Å². The molecule has 100 valence electrons. The minimum Gasteiger partial charge on any atom is -0.399 e. The van der Waals surface area contributed by atoms with Crippen molar-refractivity contribution >= 4 is 34.7 Å². The van der Waals surface area contributed by atoms with Gasteiger partial charge in [0.1, 0.15) is 0 Å². The molecule has 4 heteroatoms. The molecule has 2 aromatic carbocycles. The van der Waals surface area contributed by atoms with Crippen LogP contribution in [0.15, 0.2) is 47.4 Å². The van der Waals surface area contributed by atoms with E-state index in [1.54, 1.807) is 11.8 Å². The largest absolute Gasteiger partial charge is 0.399 e. The third-order valence-electron chi connectivity index (χ3n) is 2.80. The fourth-order valence-electron chi connectivity index (χ4n) is 1.88. The summed E-state index contributed by atoms with van der Waals surface area (Å²) in [6.45, 7) is 0. The standard InChI is InChI=1S/C15H17ClN2S/c16-13-7-2-8-14(18)15(13)19-9-3-5-11-4-1-6-12(17)10-11/h1-2,4,6-8,10H,3,5,9,17-18H2. The Morgan fingerprint density at radius 3 is 2.58 bits per heavy atom. The number of thioether (sulfide) groups is 1. The molecule has 2 rings (SSSR count). The lowest BCUT2D eigenvalue weighted by Gasteiger charge is -2.07. The number of nitrogen functional groups attached to an aromatic ring is 2. The van der Waals surface area contributed by atoms with Crippen molar-refractivity contribution in [2.24, 2.45) is 0 Å². The van der Waals surface area contributed by atoms with E-state index in [-0.39, 0.29) is 0 Å². The number of hydrogen-bond acceptors (Lipinski definition) is 3. The van der Waals surface area contributed by atoms with Gasteiger partial charge in [0, 0.05) is 16.3 Å². The Hall–Kier alpha value is -1.32. The van der Waals surface area contributed by atoms with Gasteiger partial charge in [0.15, 0.2) is 0 Å². The van der Waals surface area contributed by atoms with Crippen molar-refractivity contribution in [1.29, 1.82) is 0 Å². The normalized spacial score (nSPS) is 10.6. The molecule has 2 aromatic rings. The van der Waals surface area contributed by atoms with E-state index in [4.69, 9.17) is 23.1 Å². The molecule has 0 amide bonds. The molecule has 0 saturated carbocycles. The van der Waals surface area contributed by atoms with E-state index >= 15 is 0 Å². The van der Waals surface area contributed by atoms with Gasteiger partial charge in [0.25, 0.3) is 0 Å². The van der Waals surface area contributed by atoms with Crippen LogP contribution in [0, 0.1) is 0 Å².